The summed E-state index contributed by atoms with van der Waals surface area (Å²) in [6.45, 7) is 1.50. The summed E-state index contributed by atoms with van der Waals surface area (Å²) in [6.07, 6.45) is -0.0305. The Bertz CT molecular complexity index is 898. The quantitative estimate of drug-likeness (QED) is 0.854. The molecular weight excluding hydrogens is 342 g/mol. The van der Waals surface area contributed by atoms with Crippen LogP contribution in [0.15, 0.2) is 42.5 Å². The molecule has 0 aromatic heterocycles. The molecule has 2 aromatic carbocycles. The number of nitrogens with one attached hydrogen (secondary N) is 1. The van der Waals surface area contributed by atoms with Crippen molar-refractivity contribution in [2.75, 3.05) is 16.8 Å². The smallest absolute Gasteiger partial charge is 0.229 e. The van der Waals surface area contributed by atoms with Crippen molar-refractivity contribution in [3.05, 3.63) is 59.7 Å². The summed E-state index contributed by atoms with van der Waals surface area (Å²) < 4.78 is 26.4. The van der Waals surface area contributed by atoms with E-state index in [1.54, 1.807) is 24.3 Å². The van der Waals surface area contributed by atoms with E-state index in [1.807, 2.05) is 0 Å². The highest BCUT2D eigenvalue weighted by Gasteiger charge is 2.35. The van der Waals surface area contributed by atoms with Crippen LogP contribution in [0.3, 0.4) is 0 Å². The second kappa shape index (κ2) is 7.03. The SMILES string of the molecule is CC(=O)c1cccc(NC(=O)C2CC(=O)N(c3ccc(F)c(F)c3)C2)c1. The maximum absolute atomic E-state index is 13.4. The fraction of sp³-hybridized carbons (Fsp3) is 0.211. The highest BCUT2D eigenvalue weighted by molar-refractivity contribution is 6.04. The Labute approximate surface area is 148 Å². The molecule has 0 spiro atoms. The van der Waals surface area contributed by atoms with Gasteiger partial charge in [-0.05, 0) is 31.2 Å². The summed E-state index contributed by atoms with van der Waals surface area (Å²) in [5, 5.41) is 2.69. The van der Waals surface area contributed by atoms with Gasteiger partial charge in [-0.1, -0.05) is 12.1 Å². The molecule has 2 amide bonds. The number of Topliss-reactive ketones (excluding diaryl/α,β-unsaturated/α-hetero) is 1. The van der Waals surface area contributed by atoms with E-state index >= 15 is 0 Å². The summed E-state index contributed by atoms with van der Waals surface area (Å²) in [7, 11) is 0. The molecule has 2 aromatic rings. The lowest BCUT2D eigenvalue weighted by Crippen LogP contribution is -2.28. The number of nitrogens with zero attached hydrogens (tertiary/aromatic N) is 1. The molecule has 0 radical (unpaired) electrons. The molecule has 26 heavy (non-hydrogen) atoms. The minimum absolute atomic E-state index is 0.0305. The van der Waals surface area contributed by atoms with Crippen LogP contribution in [-0.2, 0) is 9.59 Å². The summed E-state index contributed by atoms with van der Waals surface area (Å²) in [6, 6.07) is 9.68. The Morgan fingerprint density at radius 1 is 1.12 bits per heavy atom. The molecule has 0 saturated carbocycles. The topological polar surface area (TPSA) is 66.5 Å². The lowest BCUT2D eigenvalue weighted by molar-refractivity contribution is -0.122. The van der Waals surface area contributed by atoms with E-state index in [1.165, 1.54) is 17.9 Å². The standard InChI is InChI=1S/C19H16F2N2O3/c1-11(24)12-3-2-4-14(7-12)22-19(26)13-8-18(25)23(10-13)15-5-6-16(20)17(21)9-15/h2-7,9,13H,8,10H2,1H3,(H,22,26). The number of amides is 2. The summed E-state index contributed by atoms with van der Waals surface area (Å²) >= 11 is 0. The van der Waals surface area contributed by atoms with Crippen LogP contribution in [0.5, 0.6) is 0 Å². The molecule has 1 aliphatic rings. The molecule has 0 aliphatic carbocycles. The fourth-order valence-corrected chi connectivity index (χ4v) is 2.85. The van der Waals surface area contributed by atoms with Crippen LogP contribution in [0.2, 0.25) is 0 Å². The van der Waals surface area contributed by atoms with Gasteiger partial charge in [-0.25, -0.2) is 8.78 Å². The molecule has 134 valence electrons. The van der Waals surface area contributed by atoms with Gasteiger partial charge in [0, 0.05) is 36.0 Å². The van der Waals surface area contributed by atoms with Crippen molar-refractivity contribution in [3.8, 4) is 0 Å². The molecule has 5 nitrogen and oxygen atoms in total. The Balaban J connectivity index is 1.71. The van der Waals surface area contributed by atoms with Crippen molar-refractivity contribution >= 4 is 29.0 Å². The van der Waals surface area contributed by atoms with Crippen LogP contribution in [-0.4, -0.2) is 24.1 Å². The Kier molecular flexibility index (Phi) is 4.79. The minimum Gasteiger partial charge on any atom is -0.326 e. The predicted molar refractivity (Wildman–Crippen MR) is 91.9 cm³/mol. The first-order chi connectivity index (χ1) is 12.3. The number of carbonyl (C=O) groups excluding carboxylic acids is 3. The first-order valence-electron chi connectivity index (χ1n) is 8.02. The first-order valence-corrected chi connectivity index (χ1v) is 8.02. The van der Waals surface area contributed by atoms with Gasteiger partial charge in [-0.3, -0.25) is 14.4 Å². The molecule has 1 saturated heterocycles. The molecule has 1 unspecified atom stereocenters. The summed E-state index contributed by atoms with van der Waals surface area (Å²) in [4.78, 5) is 37.3. The molecule has 1 fully saturated rings. The number of halogens is 2. The van der Waals surface area contributed by atoms with E-state index in [0.717, 1.165) is 12.1 Å². The van der Waals surface area contributed by atoms with Crippen LogP contribution in [0.4, 0.5) is 20.2 Å². The van der Waals surface area contributed by atoms with E-state index in [2.05, 4.69) is 5.32 Å². The second-order valence-electron chi connectivity index (χ2n) is 6.13. The minimum atomic E-state index is -1.05. The second-order valence-corrected chi connectivity index (χ2v) is 6.13. The van der Waals surface area contributed by atoms with E-state index in [9.17, 15) is 23.2 Å². The van der Waals surface area contributed by atoms with Gasteiger partial charge < -0.3 is 10.2 Å². The Morgan fingerprint density at radius 2 is 1.88 bits per heavy atom. The molecule has 7 heteroatoms. The molecule has 3 rings (SSSR count). The van der Waals surface area contributed by atoms with Crippen molar-refractivity contribution < 1.29 is 23.2 Å². The fourth-order valence-electron chi connectivity index (χ4n) is 2.85. The number of rotatable bonds is 4. The number of hydrogen-bond donors (Lipinski definition) is 1. The van der Waals surface area contributed by atoms with Crippen LogP contribution in [0.1, 0.15) is 23.7 Å². The van der Waals surface area contributed by atoms with E-state index in [-0.39, 0.29) is 36.3 Å². The molecule has 0 bridgehead atoms. The van der Waals surface area contributed by atoms with Gasteiger partial charge >= 0.3 is 0 Å². The van der Waals surface area contributed by atoms with Gasteiger partial charge in [0.2, 0.25) is 11.8 Å². The average Bonchev–Trinajstić information content (AvgIpc) is 2.99. The summed E-state index contributed by atoms with van der Waals surface area (Å²) in [5.74, 6) is -3.51. The van der Waals surface area contributed by atoms with Crippen LogP contribution in [0, 0.1) is 17.6 Å². The van der Waals surface area contributed by atoms with Crippen molar-refractivity contribution in [1.82, 2.24) is 0 Å². The van der Waals surface area contributed by atoms with Gasteiger partial charge in [-0.15, -0.1) is 0 Å². The molecule has 1 aliphatic heterocycles. The van der Waals surface area contributed by atoms with E-state index in [4.69, 9.17) is 0 Å². The highest BCUT2D eigenvalue weighted by atomic mass is 19.2. The maximum atomic E-state index is 13.4. The van der Waals surface area contributed by atoms with Crippen molar-refractivity contribution in [1.29, 1.82) is 0 Å². The first kappa shape index (κ1) is 17.7. The highest BCUT2D eigenvalue weighted by Crippen LogP contribution is 2.27. The third-order valence-corrected chi connectivity index (χ3v) is 4.25. The lowest BCUT2D eigenvalue weighted by Gasteiger charge is -2.17. The Hall–Kier alpha value is -3.09. The number of hydrogen-bond acceptors (Lipinski definition) is 3. The van der Waals surface area contributed by atoms with E-state index in [0.29, 0.717) is 11.3 Å². The zero-order valence-electron chi connectivity index (χ0n) is 14.0. The van der Waals surface area contributed by atoms with Crippen LogP contribution < -0.4 is 10.2 Å². The van der Waals surface area contributed by atoms with Gasteiger partial charge in [-0.2, -0.15) is 0 Å². The van der Waals surface area contributed by atoms with Gasteiger partial charge in [0.25, 0.3) is 0 Å². The third-order valence-electron chi connectivity index (χ3n) is 4.25. The van der Waals surface area contributed by atoms with Crippen molar-refractivity contribution in [2.24, 2.45) is 5.92 Å². The summed E-state index contributed by atoms with van der Waals surface area (Å²) in [5.41, 5.74) is 1.14. The zero-order chi connectivity index (χ0) is 18.8. The maximum Gasteiger partial charge on any atom is 0.229 e. The molecular formula is C19H16F2N2O3. The Morgan fingerprint density at radius 3 is 2.58 bits per heavy atom. The molecule has 1 N–H and O–H groups in total. The van der Waals surface area contributed by atoms with Gasteiger partial charge in [0.15, 0.2) is 17.4 Å². The number of benzene rings is 2. The van der Waals surface area contributed by atoms with Crippen LogP contribution >= 0.6 is 0 Å². The molecule has 1 atom stereocenters. The third kappa shape index (κ3) is 3.61. The number of ketones is 1. The van der Waals surface area contributed by atoms with Crippen molar-refractivity contribution in [2.45, 2.75) is 13.3 Å². The molecule has 1 heterocycles. The predicted octanol–water partition coefficient (Wildman–Crippen LogP) is 3.16. The normalized spacial score (nSPS) is 16.7. The monoisotopic (exact) mass is 358 g/mol. The van der Waals surface area contributed by atoms with Crippen LogP contribution in [0.25, 0.3) is 0 Å². The van der Waals surface area contributed by atoms with Crippen molar-refractivity contribution in [3.63, 3.8) is 0 Å². The number of anilines is 2. The van der Waals surface area contributed by atoms with Gasteiger partial charge in [0.1, 0.15) is 0 Å². The average molecular weight is 358 g/mol. The zero-order valence-corrected chi connectivity index (χ0v) is 14.0. The largest absolute Gasteiger partial charge is 0.326 e. The van der Waals surface area contributed by atoms with Gasteiger partial charge in [0.05, 0.1) is 5.92 Å². The van der Waals surface area contributed by atoms with E-state index < -0.39 is 17.6 Å². The number of carbonyl (C=O) groups is 3. The lowest BCUT2D eigenvalue weighted by atomic mass is 10.1.